The summed E-state index contributed by atoms with van der Waals surface area (Å²) in [5.41, 5.74) is 1.01. The highest BCUT2D eigenvalue weighted by atomic mass is 16.6. The lowest BCUT2D eigenvalue weighted by Gasteiger charge is -2.27. The second kappa shape index (κ2) is 6.00. The van der Waals surface area contributed by atoms with Crippen molar-refractivity contribution in [1.29, 1.82) is 0 Å². The number of piperidine rings is 1. The SMILES string of the molecule is Cc1c(NC(=O)C2CC(C)CCN2)cccc1[N+](=O)[O-]. The third-order valence-corrected chi connectivity index (χ3v) is 3.74. The van der Waals surface area contributed by atoms with Crippen LogP contribution in [0.4, 0.5) is 11.4 Å². The van der Waals surface area contributed by atoms with E-state index in [1.54, 1.807) is 19.1 Å². The maximum absolute atomic E-state index is 12.2. The molecule has 2 rings (SSSR count). The molecule has 0 spiro atoms. The molecule has 2 atom stereocenters. The molecular formula is C14H19N3O3. The van der Waals surface area contributed by atoms with Crippen LogP contribution in [-0.2, 0) is 4.79 Å². The Kier molecular flexibility index (Phi) is 4.34. The summed E-state index contributed by atoms with van der Waals surface area (Å²) in [5.74, 6) is 0.387. The van der Waals surface area contributed by atoms with E-state index in [4.69, 9.17) is 0 Å². The first-order valence-electron chi connectivity index (χ1n) is 6.77. The smallest absolute Gasteiger partial charge is 0.274 e. The van der Waals surface area contributed by atoms with Crippen LogP contribution in [0.5, 0.6) is 0 Å². The van der Waals surface area contributed by atoms with Gasteiger partial charge in [0.25, 0.3) is 5.69 Å². The van der Waals surface area contributed by atoms with Gasteiger partial charge in [0.2, 0.25) is 5.91 Å². The summed E-state index contributed by atoms with van der Waals surface area (Å²) in [4.78, 5) is 22.6. The van der Waals surface area contributed by atoms with Gasteiger partial charge in [-0.25, -0.2) is 0 Å². The van der Waals surface area contributed by atoms with E-state index in [0.29, 0.717) is 17.2 Å². The number of hydrogen-bond acceptors (Lipinski definition) is 4. The van der Waals surface area contributed by atoms with Crippen LogP contribution in [0, 0.1) is 23.0 Å². The fourth-order valence-corrected chi connectivity index (χ4v) is 2.48. The summed E-state index contributed by atoms with van der Waals surface area (Å²) < 4.78 is 0. The summed E-state index contributed by atoms with van der Waals surface area (Å²) in [6.45, 7) is 4.59. The maximum Gasteiger partial charge on any atom is 0.274 e. The molecule has 6 nitrogen and oxygen atoms in total. The van der Waals surface area contributed by atoms with E-state index in [1.807, 2.05) is 0 Å². The van der Waals surface area contributed by atoms with Gasteiger partial charge in [-0.15, -0.1) is 0 Å². The molecule has 1 aliphatic rings. The molecule has 1 aromatic rings. The van der Waals surface area contributed by atoms with E-state index in [9.17, 15) is 14.9 Å². The molecule has 6 heteroatoms. The van der Waals surface area contributed by atoms with Crippen molar-refractivity contribution in [1.82, 2.24) is 5.32 Å². The topological polar surface area (TPSA) is 84.3 Å². The normalized spacial score (nSPS) is 22.3. The lowest BCUT2D eigenvalue weighted by Crippen LogP contribution is -2.45. The first-order valence-corrected chi connectivity index (χ1v) is 6.77. The van der Waals surface area contributed by atoms with Crippen molar-refractivity contribution >= 4 is 17.3 Å². The number of amides is 1. The molecular weight excluding hydrogens is 258 g/mol. The Bertz CT molecular complexity index is 530. The number of nitro groups is 1. The van der Waals surface area contributed by atoms with Gasteiger partial charge < -0.3 is 10.6 Å². The highest BCUT2D eigenvalue weighted by molar-refractivity contribution is 5.96. The van der Waals surface area contributed by atoms with Gasteiger partial charge >= 0.3 is 0 Å². The molecule has 0 aliphatic carbocycles. The summed E-state index contributed by atoms with van der Waals surface area (Å²) in [7, 11) is 0. The molecule has 1 aliphatic heterocycles. The fraction of sp³-hybridized carbons (Fsp3) is 0.500. The molecule has 0 bridgehead atoms. The minimum Gasteiger partial charge on any atom is -0.324 e. The third kappa shape index (κ3) is 3.14. The van der Waals surface area contributed by atoms with E-state index in [0.717, 1.165) is 19.4 Å². The number of benzene rings is 1. The van der Waals surface area contributed by atoms with Crippen LogP contribution >= 0.6 is 0 Å². The predicted molar refractivity (Wildman–Crippen MR) is 76.7 cm³/mol. The minimum atomic E-state index is -0.439. The second-order valence-electron chi connectivity index (χ2n) is 5.33. The number of anilines is 1. The molecule has 1 saturated heterocycles. The van der Waals surface area contributed by atoms with Gasteiger partial charge in [0.15, 0.2) is 0 Å². The van der Waals surface area contributed by atoms with Gasteiger partial charge in [-0.2, -0.15) is 0 Å². The quantitative estimate of drug-likeness (QED) is 0.655. The number of carbonyl (C=O) groups excluding carboxylic acids is 1. The van der Waals surface area contributed by atoms with Crippen LogP contribution in [-0.4, -0.2) is 23.4 Å². The van der Waals surface area contributed by atoms with Crippen molar-refractivity contribution in [3.63, 3.8) is 0 Å². The summed E-state index contributed by atoms with van der Waals surface area (Å²) in [6.07, 6.45) is 1.86. The lowest BCUT2D eigenvalue weighted by atomic mass is 9.94. The van der Waals surface area contributed by atoms with Gasteiger partial charge in [-0.3, -0.25) is 14.9 Å². The van der Waals surface area contributed by atoms with Gasteiger partial charge in [0, 0.05) is 6.07 Å². The first-order chi connectivity index (χ1) is 9.49. The van der Waals surface area contributed by atoms with Crippen molar-refractivity contribution in [3.8, 4) is 0 Å². The molecule has 0 aromatic heterocycles. The highest BCUT2D eigenvalue weighted by Crippen LogP contribution is 2.25. The Balaban J connectivity index is 2.11. The first kappa shape index (κ1) is 14.5. The highest BCUT2D eigenvalue weighted by Gasteiger charge is 2.25. The van der Waals surface area contributed by atoms with E-state index in [-0.39, 0.29) is 17.6 Å². The van der Waals surface area contributed by atoms with Crippen molar-refractivity contribution in [3.05, 3.63) is 33.9 Å². The zero-order chi connectivity index (χ0) is 14.7. The number of rotatable bonds is 3. The number of nitrogens with zero attached hydrogens (tertiary/aromatic N) is 1. The van der Waals surface area contributed by atoms with Crippen LogP contribution in [0.1, 0.15) is 25.3 Å². The Hall–Kier alpha value is -1.95. The molecule has 0 radical (unpaired) electrons. The number of nitrogens with one attached hydrogen (secondary N) is 2. The Morgan fingerprint density at radius 3 is 2.90 bits per heavy atom. The van der Waals surface area contributed by atoms with Gasteiger partial charge in [0.05, 0.1) is 22.2 Å². The average Bonchev–Trinajstić information content (AvgIpc) is 2.40. The molecule has 20 heavy (non-hydrogen) atoms. The van der Waals surface area contributed by atoms with Crippen molar-refractivity contribution in [2.45, 2.75) is 32.7 Å². The standard InChI is InChI=1S/C14H19N3O3/c1-9-6-7-15-12(8-9)14(18)16-11-4-3-5-13(10(11)2)17(19)20/h3-5,9,12,15H,6-8H2,1-2H3,(H,16,18). The van der Waals surface area contributed by atoms with E-state index >= 15 is 0 Å². The number of carbonyl (C=O) groups is 1. The molecule has 108 valence electrons. The van der Waals surface area contributed by atoms with Crippen molar-refractivity contribution < 1.29 is 9.72 Å². The third-order valence-electron chi connectivity index (χ3n) is 3.74. The largest absolute Gasteiger partial charge is 0.324 e. The van der Waals surface area contributed by atoms with Crippen LogP contribution in [0.15, 0.2) is 18.2 Å². The van der Waals surface area contributed by atoms with Crippen molar-refractivity contribution in [2.75, 3.05) is 11.9 Å². The number of hydrogen-bond donors (Lipinski definition) is 2. The molecule has 1 amide bonds. The van der Waals surface area contributed by atoms with Gasteiger partial charge in [0.1, 0.15) is 0 Å². The van der Waals surface area contributed by atoms with Crippen LogP contribution < -0.4 is 10.6 Å². The zero-order valence-corrected chi connectivity index (χ0v) is 11.7. The minimum absolute atomic E-state index is 0.0211. The zero-order valence-electron chi connectivity index (χ0n) is 11.7. The average molecular weight is 277 g/mol. The number of nitro benzene ring substituents is 1. The summed E-state index contributed by atoms with van der Waals surface area (Å²) in [6, 6.07) is 4.48. The summed E-state index contributed by atoms with van der Waals surface area (Å²) in [5, 5.41) is 16.9. The van der Waals surface area contributed by atoms with E-state index in [1.165, 1.54) is 6.07 Å². The molecule has 0 saturated carbocycles. The van der Waals surface area contributed by atoms with Gasteiger partial charge in [-0.1, -0.05) is 13.0 Å². The van der Waals surface area contributed by atoms with E-state index in [2.05, 4.69) is 17.6 Å². The lowest BCUT2D eigenvalue weighted by molar-refractivity contribution is -0.385. The molecule has 2 N–H and O–H groups in total. The second-order valence-corrected chi connectivity index (χ2v) is 5.33. The molecule has 2 unspecified atom stereocenters. The van der Waals surface area contributed by atoms with Crippen LogP contribution in [0.2, 0.25) is 0 Å². The van der Waals surface area contributed by atoms with Gasteiger partial charge in [-0.05, 0) is 38.3 Å². The molecule has 1 aromatic carbocycles. The Labute approximate surface area is 117 Å². The van der Waals surface area contributed by atoms with Crippen molar-refractivity contribution in [2.24, 2.45) is 5.92 Å². The van der Waals surface area contributed by atoms with Crippen LogP contribution in [0.3, 0.4) is 0 Å². The summed E-state index contributed by atoms with van der Waals surface area (Å²) >= 11 is 0. The molecule has 1 heterocycles. The maximum atomic E-state index is 12.2. The van der Waals surface area contributed by atoms with Crippen LogP contribution in [0.25, 0.3) is 0 Å². The Morgan fingerprint density at radius 2 is 2.25 bits per heavy atom. The predicted octanol–water partition coefficient (Wildman–Crippen LogP) is 2.23. The monoisotopic (exact) mass is 277 g/mol. The fourth-order valence-electron chi connectivity index (χ4n) is 2.48. The Morgan fingerprint density at radius 1 is 1.50 bits per heavy atom. The molecule has 1 fully saturated rings. The van der Waals surface area contributed by atoms with E-state index < -0.39 is 4.92 Å².